The number of rotatable bonds is 5. The summed E-state index contributed by atoms with van der Waals surface area (Å²) in [5.74, 6) is -1.05. The Labute approximate surface area is 120 Å². The number of aromatic carboxylic acids is 1. The van der Waals surface area contributed by atoms with Gasteiger partial charge in [-0.25, -0.2) is 4.79 Å². The predicted octanol–water partition coefficient (Wildman–Crippen LogP) is 3.65. The van der Waals surface area contributed by atoms with Gasteiger partial charge >= 0.3 is 11.7 Å². The van der Waals surface area contributed by atoms with Crippen molar-refractivity contribution in [1.29, 1.82) is 0 Å². The van der Waals surface area contributed by atoms with Gasteiger partial charge in [0.1, 0.15) is 11.3 Å². The normalized spacial score (nSPS) is 10.1. The van der Waals surface area contributed by atoms with Crippen LogP contribution in [-0.2, 0) is 6.42 Å². The van der Waals surface area contributed by atoms with E-state index in [1.54, 1.807) is 12.1 Å². The smallest absolute Gasteiger partial charge is 0.342 e. The molecule has 2 aromatic rings. The van der Waals surface area contributed by atoms with E-state index < -0.39 is 22.1 Å². The topological polar surface area (TPSA) is 89.7 Å². The molecule has 21 heavy (non-hydrogen) atoms. The number of carboxylic acids is 1. The zero-order valence-corrected chi connectivity index (χ0v) is 11.3. The first-order valence-electron chi connectivity index (χ1n) is 6.30. The van der Waals surface area contributed by atoms with E-state index in [1.165, 1.54) is 18.2 Å². The third-order valence-corrected chi connectivity index (χ3v) is 2.97. The lowest BCUT2D eigenvalue weighted by molar-refractivity contribution is -0.386. The molecule has 2 aromatic carbocycles. The molecule has 0 spiro atoms. The second-order valence-electron chi connectivity index (χ2n) is 4.31. The Balaban J connectivity index is 2.41. The van der Waals surface area contributed by atoms with Crippen LogP contribution < -0.4 is 4.74 Å². The van der Waals surface area contributed by atoms with Gasteiger partial charge in [-0.2, -0.15) is 0 Å². The third kappa shape index (κ3) is 3.17. The average molecular weight is 287 g/mol. The monoisotopic (exact) mass is 287 g/mol. The number of nitrogens with zero attached hydrogens (tertiary/aromatic N) is 1. The van der Waals surface area contributed by atoms with Crippen molar-refractivity contribution in [2.45, 2.75) is 13.3 Å². The summed E-state index contributed by atoms with van der Waals surface area (Å²) in [6.45, 7) is 2.01. The highest BCUT2D eigenvalue weighted by atomic mass is 16.6. The number of aryl methyl sites for hydroxylation is 1. The molecule has 0 heterocycles. The molecule has 0 aliphatic rings. The van der Waals surface area contributed by atoms with Crippen LogP contribution in [0.1, 0.15) is 22.8 Å². The number of carboxylic acid groups (broad SMARTS) is 1. The SMILES string of the molecule is CCc1ccc(Oc2cccc(C(=O)O)c2[N+](=O)[O-])cc1. The van der Waals surface area contributed by atoms with Crippen molar-refractivity contribution in [2.75, 3.05) is 0 Å². The molecule has 0 bridgehead atoms. The van der Waals surface area contributed by atoms with Crippen molar-refractivity contribution >= 4 is 11.7 Å². The summed E-state index contributed by atoms with van der Waals surface area (Å²) in [6, 6.07) is 11.0. The largest absolute Gasteiger partial charge is 0.477 e. The Hall–Kier alpha value is -2.89. The maximum Gasteiger partial charge on any atom is 0.342 e. The van der Waals surface area contributed by atoms with Crippen LogP contribution in [0.2, 0.25) is 0 Å². The Morgan fingerprint density at radius 1 is 1.24 bits per heavy atom. The molecule has 1 N–H and O–H groups in total. The van der Waals surface area contributed by atoms with Gasteiger partial charge in [-0.05, 0) is 36.2 Å². The summed E-state index contributed by atoms with van der Waals surface area (Å²) in [4.78, 5) is 21.4. The van der Waals surface area contributed by atoms with E-state index in [1.807, 2.05) is 19.1 Å². The van der Waals surface area contributed by atoms with Crippen molar-refractivity contribution in [2.24, 2.45) is 0 Å². The Kier molecular flexibility index (Phi) is 4.18. The Bertz CT molecular complexity index is 679. The van der Waals surface area contributed by atoms with Crippen molar-refractivity contribution in [1.82, 2.24) is 0 Å². The standard InChI is InChI=1S/C15H13NO5/c1-2-10-6-8-11(9-7-10)21-13-5-3-4-12(15(17)18)14(13)16(19)20/h3-9H,2H2,1H3,(H,17,18). The quantitative estimate of drug-likeness (QED) is 0.669. The molecule has 0 aromatic heterocycles. The highest BCUT2D eigenvalue weighted by Crippen LogP contribution is 2.34. The summed E-state index contributed by atoms with van der Waals surface area (Å²) >= 11 is 0. The second-order valence-corrected chi connectivity index (χ2v) is 4.31. The number of nitro benzene ring substituents is 1. The summed E-state index contributed by atoms with van der Waals surface area (Å²) in [5, 5.41) is 20.1. The van der Waals surface area contributed by atoms with Crippen LogP contribution in [0.3, 0.4) is 0 Å². The summed E-state index contributed by atoms with van der Waals surface area (Å²) < 4.78 is 5.46. The zero-order chi connectivity index (χ0) is 15.4. The van der Waals surface area contributed by atoms with Crippen LogP contribution in [-0.4, -0.2) is 16.0 Å². The molecule has 0 aliphatic heterocycles. The van der Waals surface area contributed by atoms with Gasteiger partial charge in [0.2, 0.25) is 5.75 Å². The molecule has 0 saturated carbocycles. The van der Waals surface area contributed by atoms with Gasteiger partial charge in [-0.1, -0.05) is 25.1 Å². The van der Waals surface area contributed by atoms with Gasteiger partial charge in [-0.3, -0.25) is 10.1 Å². The van der Waals surface area contributed by atoms with E-state index in [9.17, 15) is 14.9 Å². The fourth-order valence-electron chi connectivity index (χ4n) is 1.89. The van der Waals surface area contributed by atoms with Crippen LogP contribution in [0, 0.1) is 10.1 Å². The van der Waals surface area contributed by atoms with Gasteiger partial charge in [0.05, 0.1) is 4.92 Å². The molecule has 0 radical (unpaired) electrons. The van der Waals surface area contributed by atoms with Gasteiger partial charge in [0.25, 0.3) is 0 Å². The van der Waals surface area contributed by atoms with Crippen LogP contribution in [0.4, 0.5) is 5.69 Å². The van der Waals surface area contributed by atoms with Crippen molar-refractivity contribution in [3.05, 3.63) is 63.7 Å². The van der Waals surface area contributed by atoms with E-state index in [0.29, 0.717) is 5.75 Å². The number of ether oxygens (including phenoxy) is 1. The molecule has 108 valence electrons. The predicted molar refractivity (Wildman–Crippen MR) is 75.9 cm³/mol. The first-order valence-corrected chi connectivity index (χ1v) is 6.30. The van der Waals surface area contributed by atoms with Crippen LogP contribution in [0.25, 0.3) is 0 Å². The third-order valence-electron chi connectivity index (χ3n) is 2.97. The lowest BCUT2D eigenvalue weighted by Gasteiger charge is -2.08. The van der Waals surface area contributed by atoms with Gasteiger partial charge in [0, 0.05) is 0 Å². The van der Waals surface area contributed by atoms with E-state index in [4.69, 9.17) is 9.84 Å². The second kappa shape index (κ2) is 6.04. The van der Waals surface area contributed by atoms with Crippen molar-refractivity contribution in [3.63, 3.8) is 0 Å². The van der Waals surface area contributed by atoms with E-state index >= 15 is 0 Å². The lowest BCUT2D eigenvalue weighted by atomic mass is 10.1. The Morgan fingerprint density at radius 3 is 2.43 bits per heavy atom. The average Bonchev–Trinajstić information content (AvgIpc) is 2.47. The number of hydrogen-bond acceptors (Lipinski definition) is 4. The number of hydrogen-bond donors (Lipinski definition) is 1. The molecular formula is C15H13NO5. The van der Waals surface area contributed by atoms with Crippen molar-refractivity contribution in [3.8, 4) is 11.5 Å². The molecule has 0 saturated heterocycles. The summed E-state index contributed by atoms with van der Waals surface area (Å²) in [6.07, 6.45) is 0.870. The molecule has 0 atom stereocenters. The molecule has 0 amide bonds. The highest BCUT2D eigenvalue weighted by Gasteiger charge is 2.25. The fraction of sp³-hybridized carbons (Fsp3) is 0.133. The van der Waals surface area contributed by atoms with Crippen LogP contribution >= 0.6 is 0 Å². The minimum atomic E-state index is -1.37. The van der Waals surface area contributed by atoms with Crippen LogP contribution in [0.15, 0.2) is 42.5 Å². The minimum absolute atomic E-state index is 0.0934. The maximum absolute atomic E-state index is 11.1. The zero-order valence-electron chi connectivity index (χ0n) is 11.3. The summed E-state index contributed by atoms with van der Waals surface area (Å²) in [5.41, 5.74) is 0.156. The minimum Gasteiger partial charge on any atom is -0.477 e. The van der Waals surface area contributed by atoms with E-state index in [0.717, 1.165) is 12.0 Å². The number of carbonyl (C=O) groups is 1. The molecule has 6 nitrogen and oxygen atoms in total. The molecule has 2 rings (SSSR count). The highest BCUT2D eigenvalue weighted by molar-refractivity contribution is 5.93. The van der Waals surface area contributed by atoms with Gasteiger partial charge in [0.15, 0.2) is 0 Å². The first kappa shape index (κ1) is 14.5. The molecule has 0 fully saturated rings. The fourth-order valence-corrected chi connectivity index (χ4v) is 1.89. The van der Waals surface area contributed by atoms with Gasteiger partial charge < -0.3 is 9.84 Å². The van der Waals surface area contributed by atoms with Crippen molar-refractivity contribution < 1.29 is 19.6 Å². The van der Waals surface area contributed by atoms with Crippen LogP contribution in [0.5, 0.6) is 11.5 Å². The lowest BCUT2D eigenvalue weighted by Crippen LogP contribution is -2.04. The maximum atomic E-state index is 11.1. The molecular weight excluding hydrogens is 274 g/mol. The molecule has 0 unspecified atom stereocenters. The molecule has 0 aliphatic carbocycles. The van der Waals surface area contributed by atoms with E-state index in [2.05, 4.69) is 0 Å². The van der Waals surface area contributed by atoms with Gasteiger partial charge in [-0.15, -0.1) is 0 Å². The summed E-state index contributed by atoms with van der Waals surface area (Å²) in [7, 11) is 0. The van der Waals surface area contributed by atoms with E-state index in [-0.39, 0.29) is 5.75 Å². The number of benzene rings is 2. The number of para-hydroxylation sites is 1. The first-order chi connectivity index (χ1) is 10.0. The Morgan fingerprint density at radius 2 is 1.90 bits per heavy atom. The number of nitro groups is 1. The molecule has 6 heteroatoms.